The van der Waals surface area contributed by atoms with Crippen LogP contribution in [0.5, 0.6) is 0 Å². The van der Waals surface area contributed by atoms with E-state index in [1.165, 1.54) is 5.71 Å². The van der Waals surface area contributed by atoms with Crippen LogP contribution < -0.4 is 0 Å². The van der Waals surface area contributed by atoms with Crippen molar-refractivity contribution >= 4 is 30.1 Å². The Bertz CT molecular complexity index is 189. The van der Waals surface area contributed by atoms with Crippen molar-refractivity contribution in [3.63, 3.8) is 0 Å². The van der Waals surface area contributed by atoms with Crippen molar-refractivity contribution in [2.75, 3.05) is 0 Å². The number of nitrogens with zero attached hydrogens (tertiary/aromatic N) is 1. The second-order valence-electron chi connectivity index (χ2n) is 3.24. The van der Waals surface area contributed by atoms with Crippen LogP contribution in [0.15, 0.2) is 4.99 Å². The van der Waals surface area contributed by atoms with Crippen LogP contribution in [0.3, 0.4) is 0 Å². The Labute approximate surface area is 78.5 Å². The predicted octanol–water partition coefficient (Wildman–Crippen LogP) is 2.62. The summed E-state index contributed by atoms with van der Waals surface area (Å²) in [5.41, 5.74) is 1.25. The van der Waals surface area contributed by atoms with Crippen LogP contribution in [0, 0.1) is 0 Å². The average Bonchev–Trinajstić information content (AvgIpc) is 2.09. The average molecular weight is 189 g/mol. The van der Waals surface area contributed by atoms with Gasteiger partial charge in [-0.1, -0.05) is 6.92 Å². The molecule has 0 aliphatic carbocycles. The molecule has 0 amide bonds. The number of thioether (sulfide) groups is 1. The van der Waals surface area contributed by atoms with Gasteiger partial charge in [0.2, 0.25) is 0 Å². The van der Waals surface area contributed by atoms with Crippen molar-refractivity contribution in [3.8, 4) is 0 Å². The van der Waals surface area contributed by atoms with Crippen molar-refractivity contribution in [1.29, 1.82) is 0 Å². The van der Waals surface area contributed by atoms with Gasteiger partial charge in [0.05, 0.1) is 0 Å². The van der Waals surface area contributed by atoms with Gasteiger partial charge in [-0.25, -0.2) is 0 Å². The third-order valence-corrected chi connectivity index (χ3v) is 4.47. The first-order chi connectivity index (χ1) is 4.96. The van der Waals surface area contributed by atoms with Gasteiger partial charge >= 0.3 is 0 Å². The van der Waals surface area contributed by atoms with E-state index in [1.807, 2.05) is 11.8 Å². The maximum Gasteiger partial charge on any atom is 0.115 e. The van der Waals surface area contributed by atoms with E-state index >= 15 is 0 Å². The van der Waals surface area contributed by atoms with Gasteiger partial charge < -0.3 is 0 Å². The quantitative estimate of drug-likeness (QED) is 0.625. The summed E-state index contributed by atoms with van der Waals surface area (Å²) in [6, 6.07) is 0. The zero-order valence-corrected chi connectivity index (χ0v) is 9.17. The topological polar surface area (TPSA) is 12.4 Å². The van der Waals surface area contributed by atoms with E-state index in [4.69, 9.17) is 0 Å². The minimum absolute atomic E-state index is 0.00656. The van der Waals surface area contributed by atoms with Crippen molar-refractivity contribution < 1.29 is 0 Å². The highest BCUT2D eigenvalue weighted by Gasteiger charge is 2.36. The van der Waals surface area contributed by atoms with Gasteiger partial charge in [-0.2, -0.15) is 12.6 Å². The molecule has 1 heterocycles. The first-order valence-electron chi connectivity index (χ1n) is 3.88. The number of aliphatic imine (C=N–C) groups is 1. The Morgan fingerprint density at radius 1 is 1.73 bits per heavy atom. The Balaban J connectivity index is 2.79. The fourth-order valence-electron chi connectivity index (χ4n) is 1.10. The summed E-state index contributed by atoms with van der Waals surface area (Å²) in [6.07, 6.45) is 0. The van der Waals surface area contributed by atoms with E-state index < -0.39 is 0 Å². The lowest BCUT2D eigenvalue weighted by Gasteiger charge is -2.24. The minimum Gasteiger partial charge on any atom is -0.275 e. The van der Waals surface area contributed by atoms with Crippen molar-refractivity contribution in [3.05, 3.63) is 0 Å². The van der Waals surface area contributed by atoms with E-state index in [-0.39, 0.29) is 4.87 Å². The van der Waals surface area contributed by atoms with Crippen molar-refractivity contribution in [1.82, 2.24) is 0 Å². The third-order valence-electron chi connectivity index (χ3n) is 2.18. The highest BCUT2D eigenvalue weighted by molar-refractivity contribution is 8.03. The molecule has 3 unspecified atom stereocenters. The molecule has 1 nitrogen and oxygen atoms in total. The minimum atomic E-state index is 0.00656. The number of hydrogen-bond acceptors (Lipinski definition) is 3. The van der Waals surface area contributed by atoms with E-state index in [2.05, 4.69) is 45.3 Å². The van der Waals surface area contributed by atoms with E-state index in [1.54, 1.807) is 0 Å². The molecule has 64 valence electrons. The molecule has 3 atom stereocenters. The first kappa shape index (κ1) is 9.46. The molecular formula is C8H15NS2. The molecule has 1 aliphatic rings. The zero-order valence-electron chi connectivity index (χ0n) is 7.46. The molecule has 0 spiro atoms. The molecule has 0 radical (unpaired) electrons. The summed E-state index contributed by atoms with van der Waals surface area (Å²) in [4.78, 5) is 4.61. The Morgan fingerprint density at radius 3 is 2.45 bits per heavy atom. The summed E-state index contributed by atoms with van der Waals surface area (Å²) in [5.74, 6) is 0. The van der Waals surface area contributed by atoms with Crippen LogP contribution in [0.4, 0.5) is 0 Å². The number of rotatable bonds is 1. The maximum atomic E-state index is 4.60. The molecule has 1 aliphatic heterocycles. The summed E-state index contributed by atoms with van der Waals surface area (Å²) in [6.45, 7) is 8.55. The summed E-state index contributed by atoms with van der Waals surface area (Å²) < 4.78 is 0. The highest BCUT2D eigenvalue weighted by atomic mass is 32.2. The van der Waals surface area contributed by atoms with Gasteiger partial charge in [0.15, 0.2) is 0 Å². The molecule has 0 aromatic rings. The largest absolute Gasteiger partial charge is 0.275 e. The van der Waals surface area contributed by atoms with Gasteiger partial charge in [0.1, 0.15) is 4.87 Å². The van der Waals surface area contributed by atoms with Gasteiger partial charge in [-0.15, -0.1) is 11.8 Å². The zero-order chi connectivity index (χ0) is 8.65. The summed E-state index contributed by atoms with van der Waals surface area (Å²) >= 11 is 6.34. The van der Waals surface area contributed by atoms with E-state index in [0.717, 1.165) is 0 Å². The van der Waals surface area contributed by atoms with Gasteiger partial charge in [0, 0.05) is 16.2 Å². The van der Waals surface area contributed by atoms with Gasteiger partial charge in [-0.05, 0) is 20.8 Å². The van der Waals surface area contributed by atoms with Crippen LogP contribution >= 0.6 is 24.4 Å². The molecule has 0 saturated carbocycles. The lowest BCUT2D eigenvalue weighted by molar-refractivity contribution is 0.682. The Hall–Kier alpha value is 0.370. The molecule has 0 aromatic carbocycles. The number of hydrogen-bond donors (Lipinski definition) is 1. The monoisotopic (exact) mass is 189 g/mol. The molecule has 11 heavy (non-hydrogen) atoms. The first-order valence-corrected chi connectivity index (χ1v) is 5.27. The van der Waals surface area contributed by atoms with Crippen LogP contribution in [-0.4, -0.2) is 21.1 Å². The molecule has 1 rings (SSSR count). The maximum absolute atomic E-state index is 4.60. The third kappa shape index (κ3) is 1.75. The molecule has 0 aromatic heterocycles. The van der Waals surface area contributed by atoms with Gasteiger partial charge in [-0.3, -0.25) is 4.99 Å². The lowest BCUT2D eigenvalue weighted by atomic mass is 10.2. The van der Waals surface area contributed by atoms with Gasteiger partial charge in [0.25, 0.3) is 0 Å². The van der Waals surface area contributed by atoms with E-state index in [9.17, 15) is 0 Å². The van der Waals surface area contributed by atoms with Crippen molar-refractivity contribution in [2.24, 2.45) is 4.99 Å². The Morgan fingerprint density at radius 2 is 2.27 bits per heavy atom. The van der Waals surface area contributed by atoms with Crippen LogP contribution in [0.1, 0.15) is 27.7 Å². The van der Waals surface area contributed by atoms with Crippen LogP contribution in [-0.2, 0) is 0 Å². The SMILES string of the molecule is CC1=NC(C)(C(C)S)SC1C. The smallest absolute Gasteiger partial charge is 0.115 e. The molecule has 0 bridgehead atoms. The van der Waals surface area contributed by atoms with Crippen molar-refractivity contribution in [2.45, 2.75) is 43.1 Å². The van der Waals surface area contributed by atoms with Crippen LogP contribution in [0.25, 0.3) is 0 Å². The molecule has 0 fully saturated rings. The molecule has 0 N–H and O–H groups in total. The molecular weight excluding hydrogens is 174 g/mol. The summed E-state index contributed by atoms with van der Waals surface area (Å²) in [7, 11) is 0. The summed E-state index contributed by atoms with van der Waals surface area (Å²) in [5, 5.41) is 0.891. The van der Waals surface area contributed by atoms with Crippen LogP contribution in [0.2, 0.25) is 0 Å². The Kier molecular flexibility index (Phi) is 2.59. The van der Waals surface area contributed by atoms with E-state index in [0.29, 0.717) is 10.5 Å². The lowest BCUT2D eigenvalue weighted by Crippen LogP contribution is -2.25. The fraction of sp³-hybridized carbons (Fsp3) is 0.875. The second kappa shape index (κ2) is 3.02. The predicted molar refractivity (Wildman–Crippen MR) is 57.0 cm³/mol. The normalized spacial score (nSPS) is 40.5. The fourth-order valence-corrected chi connectivity index (χ4v) is 2.68. The standard InChI is InChI=1S/C8H15NS2/c1-5-6(2)11-8(4,9-5)7(3)10/h6-7,10H,1-4H3. The second-order valence-corrected chi connectivity index (χ2v) is 5.79. The number of thiol groups is 1. The molecule has 3 heteroatoms. The molecule has 0 saturated heterocycles. The highest BCUT2D eigenvalue weighted by Crippen LogP contribution is 2.41.